The van der Waals surface area contributed by atoms with Gasteiger partial charge in [0.15, 0.2) is 0 Å². The summed E-state index contributed by atoms with van der Waals surface area (Å²) in [5.74, 6) is 0. The van der Waals surface area contributed by atoms with Crippen molar-refractivity contribution < 1.29 is 0 Å². The van der Waals surface area contributed by atoms with Crippen LogP contribution in [0.15, 0.2) is 24.4 Å². The highest BCUT2D eigenvalue weighted by Crippen LogP contribution is 2.11. The van der Waals surface area contributed by atoms with Gasteiger partial charge in [0.1, 0.15) is 0 Å². The van der Waals surface area contributed by atoms with Gasteiger partial charge in [0.2, 0.25) is 0 Å². The average Bonchev–Trinajstić information content (AvgIpc) is 2.20. The van der Waals surface area contributed by atoms with Crippen LogP contribution in [-0.2, 0) is 0 Å². The standard InChI is InChI=1S/C11H18N2/c1-3-10(12)11(4-2)13-8-6-5-7-9-13/h5-8,11-12H,3-4,9H2,1-2H3. The average molecular weight is 178 g/mol. The molecule has 1 aliphatic rings. The molecule has 1 aliphatic heterocycles. The largest absolute Gasteiger partial charge is 0.366 e. The lowest BCUT2D eigenvalue weighted by atomic mass is 10.0. The van der Waals surface area contributed by atoms with Crippen molar-refractivity contribution in [3.8, 4) is 0 Å². The zero-order valence-electron chi connectivity index (χ0n) is 8.46. The highest BCUT2D eigenvalue weighted by molar-refractivity contribution is 5.86. The lowest BCUT2D eigenvalue weighted by Gasteiger charge is -2.30. The van der Waals surface area contributed by atoms with Crippen LogP contribution in [0.25, 0.3) is 0 Å². The number of hydrogen-bond acceptors (Lipinski definition) is 2. The van der Waals surface area contributed by atoms with Gasteiger partial charge < -0.3 is 10.3 Å². The van der Waals surface area contributed by atoms with E-state index in [2.05, 4.69) is 37.1 Å². The van der Waals surface area contributed by atoms with Crippen LogP contribution in [-0.4, -0.2) is 23.2 Å². The fraction of sp³-hybridized carbons (Fsp3) is 0.545. The van der Waals surface area contributed by atoms with Gasteiger partial charge in [0.05, 0.1) is 6.04 Å². The number of rotatable bonds is 4. The van der Waals surface area contributed by atoms with Gasteiger partial charge in [-0.25, -0.2) is 0 Å². The van der Waals surface area contributed by atoms with Crippen molar-refractivity contribution in [1.29, 1.82) is 5.41 Å². The summed E-state index contributed by atoms with van der Waals surface area (Å²) in [5, 5.41) is 7.83. The van der Waals surface area contributed by atoms with Crippen LogP contribution in [0.4, 0.5) is 0 Å². The van der Waals surface area contributed by atoms with E-state index in [9.17, 15) is 0 Å². The Morgan fingerprint density at radius 1 is 1.46 bits per heavy atom. The van der Waals surface area contributed by atoms with Gasteiger partial charge in [0, 0.05) is 12.3 Å². The minimum absolute atomic E-state index is 0.297. The first-order chi connectivity index (χ1) is 6.29. The Kier molecular flexibility index (Phi) is 3.74. The molecule has 13 heavy (non-hydrogen) atoms. The highest BCUT2D eigenvalue weighted by atomic mass is 15.1. The topological polar surface area (TPSA) is 27.1 Å². The smallest absolute Gasteiger partial charge is 0.0662 e. The van der Waals surface area contributed by atoms with Crippen LogP contribution in [0.3, 0.4) is 0 Å². The molecule has 0 aromatic carbocycles. The molecule has 1 atom stereocenters. The van der Waals surface area contributed by atoms with Gasteiger partial charge in [0.25, 0.3) is 0 Å². The first-order valence-corrected chi connectivity index (χ1v) is 4.96. The van der Waals surface area contributed by atoms with E-state index in [1.807, 2.05) is 6.08 Å². The van der Waals surface area contributed by atoms with Crippen LogP contribution in [0.1, 0.15) is 26.7 Å². The predicted octanol–water partition coefficient (Wildman–Crippen LogP) is 2.58. The van der Waals surface area contributed by atoms with Crippen LogP contribution in [0, 0.1) is 5.41 Å². The minimum atomic E-state index is 0.297. The maximum Gasteiger partial charge on any atom is 0.0662 e. The Balaban J connectivity index is 2.61. The summed E-state index contributed by atoms with van der Waals surface area (Å²) >= 11 is 0. The second-order valence-electron chi connectivity index (χ2n) is 3.27. The van der Waals surface area contributed by atoms with Crippen molar-refractivity contribution in [1.82, 2.24) is 4.90 Å². The number of hydrogen-bond donors (Lipinski definition) is 1. The molecule has 0 fully saturated rings. The Bertz CT molecular complexity index is 228. The zero-order chi connectivity index (χ0) is 9.68. The first-order valence-electron chi connectivity index (χ1n) is 4.96. The van der Waals surface area contributed by atoms with Crippen LogP contribution < -0.4 is 0 Å². The fourth-order valence-electron chi connectivity index (χ4n) is 1.63. The van der Waals surface area contributed by atoms with Gasteiger partial charge in [-0.05, 0) is 25.1 Å². The second-order valence-corrected chi connectivity index (χ2v) is 3.27. The van der Waals surface area contributed by atoms with E-state index in [4.69, 9.17) is 5.41 Å². The van der Waals surface area contributed by atoms with E-state index in [0.717, 1.165) is 25.1 Å². The van der Waals surface area contributed by atoms with Crippen LogP contribution >= 0.6 is 0 Å². The predicted molar refractivity (Wildman–Crippen MR) is 57.1 cm³/mol. The van der Waals surface area contributed by atoms with Crippen LogP contribution in [0.2, 0.25) is 0 Å². The number of allylic oxidation sites excluding steroid dienone is 2. The third-order valence-corrected chi connectivity index (χ3v) is 2.41. The van der Waals surface area contributed by atoms with E-state index in [1.165, 1.54) is 0 Å². The van der Waals surface area contributed by atoms with E-state index in [1.54, 1.807) is 0 Å². The Morgan fingerprint density at radius 3 is 2.69 bits per heavy atom. The summed E-state index contributed by atoms with van der Waals surface area (Å²) in [4.78, 5) is 2.23. The first kappa shape index (κ1) is 10.0. The molecule has 2 heteroatoms. The molecule has 1 rings (SSSR count). The Labute approximate surface area is 80.4 Å². The molecular formula is C11H18N2. The van der Waals surface area contributed by atoms with Gasteiger partial charge in [-0.15, -0.1) is 0 Å². The van der Waals surface area contributed by atoms with Crippen molar-refractivity contribution in [2.75, 3.05) is 6.54 Å². The zero-order valence-corrected chi connectivity index (χ0v) is 8.46. The molecule has 0 spiro atoms. The van der Waals surface area contributed by atoms with Gasteiger partial charge in [-0.2, -0.15) is 0 Å². The highest BCUT2D eigenvalue weighted by Gasteiger charge is 2.16. The molecule has 0 aliphatic carbocycles. The van der Waals surface area contributed by atoms with E-state index in [-0.39, 0.29) is 0 Å². The maximum absolute atomic E-state index is 7.83. The molecule has 0 amide bonds. The third-order valence-electron chi connectivity index (χ3n) is 2.41. The molecule has 72 valence electrons. The maximum atomic E-state index is 7.83. The molecule has 2 nitrogen and oxygen atoms in total. The third kappa shape index (κ3) is 2.44. The van der Waals surface area contributed by atoms with E-state index in [0.29, 0.717) is 6.04 Å². The normalized spacial score (nSPS) is 17.5. The molecule has 0 saturated heterocycles. The molecule has 0 saturated carbocycles. The summed E-state index contributed by atoms with van der Waals surface area (Å²) < 4.78 is 0. The summed E-state index contributed by atoms with van der Waals surface area (Å²) in [6, 6.07) is 0.297. The van der Waals surface area contributed by atoms with Gasteiger partial charge in [-0.3, -0.25) is 0 Å². The van der Waals surface area contributed by atoms with E-state index >= 15 is 0 Å². The lowest BCUT2D eigenvalue weighted by Crippen LogP contribution is -2.37. The second kappa shape index (κ2) is 4.85. The molecule has 1 N–H and O–H groups in total. The number of nitrogens with one attached hydrogen (secondary N) is 1. The summed E-state index contributed by atoms with van der Waals surface area (Å²) in [5.41, 5.74) is 0.836. The SMILES string of the molecule is CCC(=N)C(CC)N1C=CC=CC1. The molecule has 0 aromatic heterocycles. The lowest BCUT2D eigenvalue weighted by molar-refractivity contribution is 0.354. The molecule has 1 unspecified atom stereocenters. The minimum Gasteiger partial charge on any atom is -0.366 e. The van der Waals surface area contributed by atoms with Crippen molar-refractivity contribution >= 4 is 5.71 Å². The fourth-order valence-corrected chi connectivity index (χ4v) is 1.63. The summed E-state index contributed by atoms with van der Waals surface area (Å²) in [7, 11) is 0. The van der Waals surface area contributed by atoms with Crippen molar-refractivity contribution in [3.63, 3.8) is 0 Å². The van der Waals surface area contributed by atoms with Gasteiger partial charge >= 0.3 is 0 Å². The van der Waals surface area contributed by atoms with Crippen molar-refractivity contribution in [3.05, 3.63) is 24.4 Å². The number of nitrogens with zero attached hydrogens (tertiary/aromatic N) is 1. The summed E-state index contributed by atoms with van der Waals surface area (Å²) in [6.45, 7) is 5.13. The quantitative estimate of drug-likeness (QED) is 0.658. The Hall–Kier alpha value is -1.05. The van der Waals surface area contributed by atoms with E-state index < -0.39 is 0 Å². The van der Waals surface area contributed by atoms with Crippen LogP contribution in [0.5, 0.6) is 0 Å². The van der Waals surface area contributed by atoms with Gasteiger partial charge in [-0.1, -0.05) is 26.0 Å². The molecule has 1 heterocycles. The molecular weight excluding hydrogens is 160 g/mol. The summed E-state index contributed by atoms with van der Waals surface area (Å²) in [6.07, 6.45) is 10.2. The van der Waals surface area contributed by atoms with Crippen molar-refractivity contribution in [2.24, 2.45) is 0 Å². The molecule has 0 radical (unpaired) electrons. The molecule has 0 aromatic rings. The Morgan fingerprint density at radius 2 is 2.23 bits per heavy atom. The molecule has 0 bridgehead atoms. The monoisotopic (exact) mass is 178 g/mol. The van der Waals surface area contributed by atoms with Crippen molar-refractivity contribution in [2.45, 2.75) is 32.7 Å².